The van der Waals surface area contributed by atoms with Gasteiger partial charge in [-0.25, -0.2) is 5.43 Å². The summed E-state index contributed by atoms with van der Waals surface area (Å²) in [4.78, 5) is 13.0. The summed E-state index contributed by atoms with van der Waals surface area (Å²) in [6, 6.07) is 42.8. The number of nitrogens with zero attached hydrogens (tertiary/aromatic N) is 3. The molecular weight excluding hydrogens is 584 g/mol. The lowest BCUT2D eigenvalue weighted by atomic mass is 10.1. The van der Waals surface area contributed by atoms with Crippen molar-refractivity contribution < 1.29 is 4.79 Å². The van der Waals surface area contributed by atoms with E-state index in [0.717, 1.165) is 55.3 Å². The Labute approximate surface area is 253 Å². The van der Waals surface area contributed by atoms with Crippen LogP contribution in [0, 0.1) is 13.8 Å². The van der Waals surface area contributed by atoms with Crippen LogP contribution in [-0.2, 0) is 0 Å². The standard InChI is InChI=1S/C36H29BrN4O/c1-25-23-30(26(2)40(25)32-19-15-31(37)16-20-32)24-38-39-36(42)29-13-17-33(18-14-29)41-34(27-9-5-3-6-10-27)21-22-35(41)28-11-7-4-8-12-28/h3-24H,1-2H3,(H,39,42)/b38-24-. The SMILES string of the molecule is Cc1cc(/C=N\NC(=O)c2ccc(-n3c(-c4ccccc4)ccc3-c3ccccc3)cc2)c(C)n1-c1ccc(Br)cc1. The van der Waals surface area contributed by atoms with E-state index in [-0.39, 0.29) is 5.91 Å². The van der Waals surface area contributed by atoms with Gasteiger partial charge in [0.05, 0.1) is 17.6 Å². The van der Waals surface area contributed by atoms with Gasteiger partial charge >= 0.3 is 0 Å². The van der Waals surface area contributed by atoms with E-state index in [2.05, 4.69) is 97.1 Å². The van der Waals surface area contributed by atoms with Crippen LogP contribution < -0.4 is 5.43 Å². The van der Waals surface area contributed by atoms with Crippen LogP contribution in [0.3, 0.4) is 0 Å². The molecule has 206 valence electrons. The molecule has 4 aromatic carbocycles. The first kappa shape index (κ1) is 27.2. The molecule has 0 saturated heterocycles. The largest absolute Gasteiger partial charge is 0.318 e. The van der Waals surface area contributed by atoms with Gasteiger partial charge in [0.15, 0.2) is 0 Å². The molecule has 6 heteroatoms. The molecule has 0 unspecified atom stereocenters. The van der Waals surface area contributed by atoms with Crippen molar-refractivity contribution in [1.82, 2.24) is 14.6 Å². The topological polar surface area (TPSA) is 51.3 Å². The summed E-state index contributed by atoms with van der Waals surface area (Å²) in [7, 11) is 0. The fourth-order valence-electron chi connectivity index (χ4n) is 5.28. The highest BCUT2D eigenvalue weighted by Gasteiger charge is 2.15. The summed E-state index contributed by atoms with van der Waals surface area (Å²) >= 11 is 3.49. The van der Waals surface area contributed by atoms with Crippen LogP contribution in [0.4, 0.5) is 0 Å². The molecule has 0 saturated carbocycles. The molecule has 5 nitrogen and oxygen atoms in total. The number of carbonyl (C=O) groups excluding carboxylic acids is 1. The second-order valence-electron chi connectivity index (χ2n) is 10.1. The number of carbonyl (C=O) groups is 1. The van der Waals surface area contributed by atoms with Crippen LogP contribution in [0.2, 0.25) is 0 Å². The molecule has 0 atom stereocenters. The van der Waals surface area contributed by atoms with Gasteiger partial charge in [0.25, 0.3) is 5.91 Å². The van der Waals surface area contributed by atoms with Gasteiger partial charge in [0.1, 0.15) is 0 Å². The average molecular weight is 614 g/mol. The van der Waals surface area contributed by atoms with E-state index in [9.17, 15) is 4.79 Å². The lowest BCUT2D eigenvalue weighted by Crippen LogP contribution is -2.17. The molecule has 0 aliphatic carbocycles. The Hall–Kier alpha value is -4.94. The van der Waals surface area contributed by atoms with Crippen LogP contribution in [0.1, 0.15) is 27.3 Å². The number of halogens is 1. The normalized spacial score (nSPS) is 11.2. The molecule has 0 bridgehead atoms. The highest BCUT2D eigenvalue weighted by molar-refractivity contribution is 9.10. The van der Waals surface area contributed by atoms with Crippen LogP contribution in [0.15, 0.2) is 137 Å². The molecule has 0 spiro atoms. The van der Waals surface area contributed by atoms with E-state index in [1.54, 1.807) is 6.21 Å². The Kier molecular flexibility index (Phi) is 7.71. The average Bonchev–Trinajstić information content (AvgIpc) is 3.59. The third-order valence-corrected chi connectivity index (χ3v) is 7.86. The monoisotopic (exact) mass is 612 g/mol. The van der Waals surface area contributed by atoms with E-state index >= 15 is 0 Å². The molecule has 0 radical (unpaired) electrons. The Morgan fingerprint density at radius 3 is 1.79 bits per heavy atom. The maximum atomic E-state index is 13.0. The third kappa shape index (κ3) is 5.49. The van der Waals surface area contributed by atoms with Crippen molar-refractivity contribution in [2.24, 2.45) is 5.10 Å². The highest BCUT2D eigenvalue weighted by atomic mass is 79.9. The molecule has 2 heterocycles. The molecule has 1 amide bonds. The van der Waals surface area contributed by atoms with E-state index in [4.69, 9.17) is 0 Å². The third-order valence-electron chi connectivity index (χ3n) is 7.33. The number of rotatable bonds is 7. The van der Waals surface area contributed by atoms with Crippen LogP contribution in [0.25, 0.3) is 33.9 Å². The van der Waals surface area contributed by atoms with Gasteiger partial charge in [0.2, 0.25) is 0 Å². The predicted octanol–water partition coefficient (Wildman–Crippen LogP) is 8.75. The first-order valence-electron chi connectivity index (χ1n) is 13.7. The van der Waals surface area contributed by atoms with Crippen molar-refractivity contribution in [1.29, 1.82) is 0 Å². The minimum atomic E-state index is -0.265. The highest BCUT2D eigenvalue weighted by Crippen LogP contribution is 2.32. The van der Waals surface area contributed by atoms with Crippen molar-refractivity contribution in [3.63, 3.8) is 0 Å². The maximum Gasteiger partial charge on any atom is 0.271 e. The molecule has 42 heavy (non-hydrogen) atoms. The molecule has 6 aromatic rings. The van der Waals surface area contributed by atoms with Gasteiger partial charge in [-0.2, -0.15) is 5.10 Å². The van der Waals surface area contributed by atoms with E-state index < -0.39 is 0 Å². The Bertz CT molecular complexity index is 1810. The van der Waals surface area contributed by atoms with Crippen LogP contribution >= 0.6 is 15.9 Å². The fraction of sp³-hybridized carbons (Fsp3) is 0.0556. The number of aromatic nitrogens is 2. The second kappa shape index (κ2) is 11.9. The summed E-state index contributed by atoms with van der Waals surface area (Å²) in [5, 5.41) is 4.27. The predicted molar refractivity (Wildman–Crippen MR) is 175 cm³/mol. The van der Waals surface area contributed by atoms with Crippen molar-refractivity contribution in [2.75, 3.05) is 0 Å². The number of amides is 1. The first-order chi connectivity index (χ1) is 20.5. The number of hydrazone groups is 1. The van der Waals surface area contributed by atoms with Crippen molar-refractivity contribution in [3.05, 3.63) is 154 Å². The molecule has 2 aromatic heterocycles. The fourth-order valence-corrected chi connectivity index (χ4v) is 5.54. The Balaban J connectivity index is 1.23. The zero-order chi connectivity index (χ0) is 29.1. The summed E-state index contributed by atoms with van der Waals surface area (Å²) in [5.41, 5.74) is 12.8. The lowest BCUT2D eigenvalue weighted by molar-refractivity contribution is 0.0955. The van der Waals surface area contributed by atoms with E-state index in [1.807, 2.05) is 79.7 Å². The smallest absolute Gasteiger partial charge is 0.271 e. The zero-order valence-corrected chi connectivity index (χ0v) is 24.9. The molecule has 0 aliphatic rings. The van der Waals surface area contributed by atoms with E-state index in [1.165, 1.54) is 0 Å². The van der Waals surface area contributed by atoms with Crippen LogP contribution in [0.5, 0.6) is 0 Å². The summed E-state index contributed by atoms with van der Waals surface area (Å²) in [6.45, 7) is 4.11. The molecular formula is C36H29BrN4O. The number of benzene rings is 4. The first-order valence-corrected chi connectivity index (χ1v) is 14.5. The molecule has 0 aliphatic heterocycles. The zero-order valence-electron chi connectivity index (χ0n) is 23.3. The summed E-state index contributed by atoms with van der Waals surface area (Å²) < 4.78 is 5.43. The molecule has 0 fully saturated rings. The van der Waals surface area contributed by atoms with Crippen molar-refractivity contribution in [2.45, 2.75) is 13.8 Å². The number of hydrogen-bond donors (Lipinski definition) is 1. The van der Waals surface area contributed by atoms with Gasteiger partial charge in [-0.3, -0.25) is 4.79 Å². The van der Waals surface area contributed by atoms with Gasteiger partial charge in [-0.1, -0.05) is 76.6 Å². The van der Waals surface area contributed by atoms with Gasteiger partial charge in [0, 0.05) is 38.4 Å². The maximum absolute atomic E-state index is 13.0. The van der Waals surface area contributed by atoms with E-state index in [0.29, 0.717) is 5.56 Å². The van der Waals surface area contributed by atoms with Gasteiger partial charge in [-0.15, -0.1) is 0 Å². The Morgan fingerprint density at radius 2 is 1.21 bits per heavy atom. The lowest BCUT2D eigenvalue weighted by Gasteiger charge is -2.15. The van der Waals surface area contributed by atoms with Crippen molar-refractivity contribution >= 4 is 28.1 Å². The Morgan fingerprint density at radius 1 is 0.690 bits per heavy atom. The summed E-state index contributed by atoms with van der Waals surface area (Å²) in [5.74, 6) is -0.265. The molecule has 1 N–H and O–H groups in total. The minimum absolute atomic E-state index is 0.265. The van der Waals surface area contributed by atoms with Gasteiger partial charge in [-0.05, 0) is 91.7 Å². The number of aryl methyl sites for hydroxylation is 1. The number of nitrogens with one attached hydrogen (secondary N) is 1. The van der Waals surface area contributed by atoms with Gasteiger partial charge < -0.3 is 9.13 Å². The number of hydrogen-bond acceptors (Lipinski definition) is 2. The quantitative estimate of drug-likeness (QED) is 0.142. The molecule has 6 rings (SSSR count). The van der Waals surface area contributed by atoms with Crippen LogP contribution in [-0.4, -0.2) is 21.3 Å². The summed E-state index contributed by atoms with van der Waals surface area (Å²) in [6.07, 6.45) is 1.70. The minimum Gasteiger partial charge on any atom is -0.318 e. The van der Waals surface area contributed by atoms with Crippen molar-refractivity contribution in [3.8, 4) is 33.9 Å². The second-order valence-corrected chi connectivity index (χ2v) is 11.0.